The lowest BCUT2D eigenvalue weighted by molar-refractivity contribution is -0.122. The summed E-state index contributed by atoms with van der Waals surface area (Å²) in [5.74, 6) is 0.774. The Morgan fingerprint density at radius 3 is 2.45 bits per heavy atom. The molecule has 0 unspecified atom stereocenters. The zero-order chi connectivity index (χ0) is 15.5. The van der Waals surface area contributed by atoms with Crippen molar-refractivity contribution < 1.29 is 4.79 Å². The number of benzene rings is 1. The molecular weight excluding hydrogens is 321 g/mol. The first-order chi connectivity index (χ1) is 10.6. The van der Waals surface area contributed by atoms with Crippen LogP contribution in [-0.2, 0) is 4.79 Å². The summed E-state index contributed by atoms with van der Waals surface area (Å²) >= 11 is 11.9. The monoisotopic (exact) mass is 335 g/mol. The number of carbonyl (C=O) groups is 1. The molecule has 0 atom stereocenters. The summed E-state index contributed by atoms with van der Waals surface area (Å²) in [6, 6.07) is 8.94. The molecule has 0 aliphatic heterocycles. The maximum absolute atomic E-state index is 11.8. The maximum atomic E-state index is 11.8. The first-order valence-electron chi connectivity index (χ1n) is 7.11. The van der Waals surface area contributed by atoms with Crippen LogP contribution in [-0.4, -0.2) is 10.9 Å². The Morgan fingerprint density at radius 2 is 1.86 bits per heavy atom. The fraction of sp³-hybridized carbons (Fsp3) is 0.250. The van der Waals surface area contributed by atoms with Gasteiger partial charge in [0.2, 0.25) is 5.91 Å². The molecule has 0 spiro atoms. The lowest BCUT2D eigenvalue weighted by atomic mass is 9.85. The molecule has 4 nitrogen and oxygen atoms in total. The highest BCUT2D eigenvalue weighted by Crippen LogP contribution is 2.28. The average molecular weight is 336 g/mol. The van der Waals surface area contributed by atoms with Gasteiger partial charge >= 0.3 is 0 Å². The van der Waals surface area contributed by atoms with Crippen molar-refractivity contribution >= 4 is 46.3 Å². The van der Waals surface area contributed by atoms with E-state index in [4.69, 9.17) is 23.2 Å². The summed E-state index contributed by atoms with van der Waals surface area (Å²) in [7, 11) is 0. The van der Waals surface area contributed by atoms with E-state index in [9.17, 15) is 4.79 Å². The van der Waals surface area contributed by atoms with E-state index in [0.29, 0.717) is 15.9 Å². The summed E-state index contributed by atoms with van der Waals surface area (Å²) in [6.45, 7) is 0. The number of carbonyl (C=O) groups excluding carboxylic acids is 1. The molecule has 2 N–H and O–H groups in total. The first-order valence-corrected chi connectivity index (χ1v) is 7.86. The number of anilines is 3. The van der Waals surface area contributed by atoms with Gasteiger partial charge in [-0.15, -0.1) is 0 Å². The third-order valence-electron chi connectivity index (χ3n) is 3.70. The van der Waals surface area contributed by atoms with Crippen LogP contribution in [0.3, 0.4) is 0 Å². The fourth-order valence-corrected chi connectivity index (χ4v) is 2.48. The topological polar surface area (TPSA) is 54.0 Å². The number of pyridine rings is 1. The molecule has 1 aromatic carbocycles. The summed E-state index contributed by atoms with van der Waals surface area (Å²) in [4.78, 5) is 16.1. The van der Waals surface area contributed by atoms with Gasteiger partial charge in [-0.2, -0.15) is 0 Å². The normalized spacial score (nSPS) is 14.3. The highest BCUT2D eigenvalue weighted by atomic mass is 35.5. The van der Waals surface area contributed by atoms with Gasteiger partial charge in [0, 0.05) is 11.6 Å². The van der Waals surface area contributed by atoms with Crippen molar-refractivity contribution in [2.24, 2.45) is 5.92 Å². The van der Waals surface area contributed by atoms with Gasteiger partial charge in [-0.3, -0.25) is 4.79 Å². The van der Waals surface area contributed by atoms with Crippen molar-refractivity contribution in [3.05, 3.63) is 46.6 Å². The Balaban J connectivity index is 1.63. The van der Waals surface area contributed by atoms with Crippen molar-refractivity contribution in [1.29, 1.82) is 0 Å². The molecule has 0 saturated heterocycles. The number of halogens is 2. The van der Waals surface area contributed by atoms with E-state index in [2.05, 4.69) is 15.6 Å². The predicted molar refractivity (Wildman–Crippen MR) is 90.0 cm³/mol. The molecule has 1 amide bonds. The van der Waals surface area contributed by atoms with Gasteiger partial charge in [0.25, 0.3) is 0 Å². The number of amides is 1. The van der Waals surface area contributed by atoms with Crippen LogP contribution in [0.5, 0.6) is 0 Å². The third-order valence-corrected chi connectivity index (χ3v) is 4.44. The number of nitrogens with zero attached hydrogens (tertiary/aromatic N) is 1. The highest BCUT2D eigenvalue weighted by molar-refractivity contribution is 6.42. The minimum absolute atomic E-state index is 0.0592. The zero-order valence-electron chi connectivity index (χ0n) is 11.8. The van der Waals surface area contributed by atoms with Gasteiger partial charge in [0.1, 0.15) is 5.82 Å². The second kappa shape index (κ2) is 6.55. The molecule has 1 aromatic heterocycles. The maximum Gasteiger partial charge on any atom is 0.228 e. The molecule has 1 saturated carbocycles. The molecular formula is C16H15Cl2N3O. The molecule has 6 heteroatoms. The van der Waals surface area contributed by atoms with E-state index in [1.165, 1.54) is 0 Å². The van der Waals surface area contributed by atoms with Crippen molar-refractivity contribution in [2.75, 3.05) is 10.6 Å². The van der Waals surface area contributed by atoms with Crippen LogP contribution in [0.25, 0.3) is 0 Å². The van der Waals surface area contributed by atoms with Crippen LogP contribution in [0, 0.1) is 5.92 Å². The Hall–Kier alpha value is -1.78. The van der Waals surface area contributed by atoms with Crippen molar-refractivity contribution in [3.63, 3.8) is 0 Å². The Kier molecular flexibility index (Phi) is 4.50. The third kappa shape index (κ3) is 3.51. The number of hydrogen-bond donors (Lipinski definition) is 2. The number of nitrogens with one attached hydrogen (secondary N) is 2. The van der Waals surface area contributed by atoms with Crippen LogP contribution < -0.4 is 10.6 Å². The fourth-order valence-electron chi connectivity index (χ4n) is 2.18. The van der Waals surface area contributed by atoms with Gasteiger partial charge in [0.05, 0.1) is 21.9 Å². The molecule has 1 aliphatic rings. The molecule has 1 aliphatic carbocycles. The Labute approximate surface area is 138 Å². The Bertz CT molecular complexity index is 684. The number of hydrogen-bond acceptors (Lipinski definition) is 3. The lowest BCUT2D eigenvalue weighted by Crippen LogP contribution is -2.28. The highest BCUT2D eigenvalue weighted by Gasteiger charge is 2.25. The standard InChI is InChI=1S/C16H15Cl2N3O/c17-13-6-4-11(8-14(13)18)20-12-5-7-15(19-9-12)21-16(22)10-2-1-3-10/h4-10,20H,1-3H2,(H,19,21,22). The van der Waals surface area contributed by atoms with E-state index in [0.717, 1.165) is 30.6 Å². The molecule has 22 heavy (non-hydrogen) atoms. The SMILES string of the molecule is O=C(Nc1ccc(Nc2ccc(Cl)c(Cl)c2)cn1)C1CCC1. The predicted octanol–water partition coefficient (Wildman–Crippen LogP) is 4.87. The molecule has 1 fully saturated rings. The van der Waals surface area contributed by atoms with Gasteiger partial charge in [-0.25, -0.2) is 4.98 Å². The van der Waals surface area contributed by atoms with Gasteiger partial charge in [-0.05, 0) is 43.2 Å². The Morgan fingerprint density at radius 1 is 1.09 bits per heavy atom. The van der Waals surface area contributed by atoms with E-state index in [-0.39, 0.29) is 11.8 Å². The van der Waals surface area contributed by atoms with E-state index in [1.807, 2.05) is 12.1 Å². The molecule has 114 valence electrons. The summed E-state index contributed by atoms with van der Waals surface area (Å²) in [5, 5.41) is 7.02. The average Bonchev–Trinajstić information content (AvgIpc) is 2.43. The van der Waals surface area contributed by atoms with E-state index in [1.54, 1.807) is 24.4 Å². The van der Waals surface area contributed by atoms with Crippen molar-refractivity contribution in [1.82, 2.24) is 4.98 Å². The van der Waals surface area contributed by atoms with E-state index >= 15 is 0 Å². The minimum Gasteiger partial charge on any atom is -0.354 e. The number of rotatable bonds is 4. The largest absolute Gasteiger partial charge is 0.354 e. The van der Waals surface area contributed by atoms with Crippen molar-refractivity contribution in [2.45, 2.75) is 19.3 Å². The molecule has 3 rings (SSSR count). The zero-order valence-corrected chi connectivity index (χ0v) is 13.3. The van der Waals surface area contributed by atoms with Gasteiger partial charge < -0.3 is 10.6 Å². The molecule has 2 aromatic rings. The van der Waals surface area contributed by atoms with Crippen LogP contribution >= 0.6 is 23.2 Å². The number of aromatic nitrogens is 1. The summed E-state index contributed by atoms with van der Waals surface area (Å²) in [5.41, 5.74) is 1.63. The lowest BCUT2D eigenvalue weighted by Gasteiger charge is -2.23. The quantitative estimate of drug-likeness (QED) is 0.837. The minimum atomic E-state index is 0.0592. The first kappa shape index (κ1) is 15.1. The molecule has 1 heterocycles. The summed E-state index contributed by atoms with van der Waals surface area (Å²) in [6.07, 6.45) is 4.75. The van der Waals surface area contributed by atoms with Gasteiger partial charge in [0.15, 0.2) is 0 Å². The van der Waals surface area contributed by atoms with Crippen LogP contribution in [0.2, 0.25) is 10.0 Å². The van der Waals surface area contributed by atoms with Crippen LogP contribution in [0.4, 0.5) is 17.2 Å². The second-order valence-electron chi connectivity index (χ2n) is 5.30. The van der Waals surface area contributed by atoms with Crippen LogP contribution in [0.15, 0.2) is 36.5 Å². The van der Waals surface area contributed by atoms with Crippen molar-refractivity contribution in [3.8, 4) is 0 Å². The van der Waals surface area contributed by atoms with Crippen LogP contribution in [0.1, 0.15) is 19.3 Å². The van der Waals surface area contributed by atoms with E-state index < -0.39 is 0 Å². The molecule has 0 bridgehead atoms. The second-order valence-corrected chi connectivity index (χ2v) is 6.12. The molecule has 0 radical (unpaired) electrons. The smallest absolute Gasteiger partial charge is 0.228 e. The summed E-state index contributed by atoms with van der Waals surface area (Å²) < 4.78 is 0. The van der Waals surface area contributed by atoms with Gasteiger partial charge in [-0.1, -0.05) is 29.6 Å².